The van der Waals surface area contributed by atoms with Crippen molar-refractivity contribution in [3.63, 3.8) is 0 Å². The molecule has 0 aliphatic carbocycles. The van der Waals surface area contributed by atoms with Gasteiger partial charge < -0.3 is 20.1 Å². The molecule has 0 aliphatic rings. The van der Waals surface area contributed by atoms with E-state index < -0.39 is 18.0 Å². The lowest BCUT2D eigenvalue weighted by atomic mass is 9.99. The highest BCUT2D eigenvalue weighted by Gasteiger charge is 2.36. The van der Waals surface area contributed by atoms with Crippen LogP contribution in [0.2, 0.25) is 0 Å². The molecule has 2 atom stereocenters. The van der Waals surface area contributed by atoms with Crippen LogP contribution in [0.5, 0.6) is 0 Å². The number of rotatable bonds is 9. The van der Waals surface area contributed by atoms with E-state index >= 15 is 0 Å². The van der Waals surface area contributed by atoms with E-state index in [0.717, 1.165) is 19.3 Å². The van der Waals surface area contributed by atoms with Gasteiger partial charge in [-0.3, -0.25) is 4.79 Å². The molecule has 0 rings (SSSR count). The van der Waals surface area contributed by atoms with E-state index in [1.165, 1.54) is 0 Å². The molecule has 0 saturated heterocycles. The van der Waals surface area contributed by atoms with Crippen molar-refractivity contribution in [1.29, 1.82) is 0 Å². The van der Waals surface area contributed by atoms with E-state index in [1.807, 2.05) is 13.8 Å². The van der Waals surface area contributed by atoms with Gasteiger partial charge in [-0.2, -0.15) is 0 Å². The molecule has 3 N–H and O–H groups in total. The Morgan fingerprint density at radius 1 is 1.11 bits per heavy atom. The summed E-state index contributed by atoms with van der Waals surface area (Å²) in [6, 6.07) is 0. The second-order valence-corrected chi connectivity index (χ2v) is 4.65. The van der Waals surface area contributed by atoms with Crippen LogP contribution in [-0.2, 0) is 9.53 Å². The standard InChI is InChI=1S/C13H26O5/c1-4-7-9-10(6-3)12(14)18-11(8-5-2)13(15,16)17/h10-11,15-17H,4-9H2,1-3H3. The Bertz CT molecular complexity index is 234. The summed E-state index contributed by atoms with van der Waals surface area (Å²) in [5.74, 6) is -3.67. The van der Waals surface area contributed by atoms with E-state index in [9.17, 15) is 4.79 Å². The summed E-state index contributed by atoms with van der Waals surface area (Å²) in [6.07, 6.45) is 2.78. The molecule has 0 aromatic rings. The van der Waals surface area contributed by atoms with Gasteiger partial charge in [0.1, 0.15) is 0 Å². The van der Waals surface area contributed by atoms with Gasteiger partial charge in [0.15, 0.2) is 6.10 Å². The van der Waals surface area contributed by atoms with Crippen molar-refractivity contribution in [3.05, 3.63) is 0 Å². The second-order valence-electron chi connectivity index (χ2n) is 4.65. The Labute approximate surface area is 109 Å². The molecule has 5 heteroatoms. The van der Waals surface area contributed by atoms with Crippen molar-refractivity contribution in [2.75, 3.05) is 0 Å². The van der Waals surface area contributed by atoms with Crippen molar-refractivity contribution in [1.82, 2.24) is 0 Å². The normalized spacial score (nSPS) is 15.2. The lowest BCUT2D eigenvalue weighted by molar-refractivity contribution is -0.357. The predicted octanol–water partition coefficient (Wildman–Crippen LogP) is 1.55. The molecule has 0 fully saturated rings. The first kappa shape index (κ1) is 17.4. The van der Waals surface area contributed by atoms with Gasteiger partial charge in [0.25, 0.3) is 0 Å². The number of esters is 1. The largest absolute Gasteiger partial charge is 0.454 e. The van der Waals surface area contributed by atoms with Crippen molar-refractivity contribution in [2.45, 2.75) is 71.4 Å². The quantitative estimate of drug-likeness (QED) is 0.433. The topological polar surface area (TPSA) is 87.0 Å². The summed E-state index contributed by atoms with van der Waals surface area (Å²) in [5, 5.41) is 27.4. The van der Waals surface area contributed by atoms with Crippen LogP contribution in [0, 0.1) is 5.92 Å². The van der Waals surface area contributed by atoms with Gasteiger partial charge in [-0.25, -0.2) is 0 Å². The third-order valence-electron chi connectivity index (χ3n) is 2.97. The van der Waals surface area contributed by atoms with Crippen molar-refractivity contribution in [2.24, 2.45) is 5.92 Å². The number of ether oxygens (including phenoxy) is 1. The maximum Gasteiger partial charge on any atom is 0.314 e. The number of aliphatic hydroxyl groups is 3. The minimum absolute atomic E-state index is 0.208. The fourth-order valence-corrected chi connectivity index (χ4v) is 1.77. The molecule has 18 heavy (non-hydrogen) atoms. The van der Waals surface area contributed by atoms with Crippen molar-refractivity contribution in [3.8, 4) is 0 Å². The highest BCUT2D eigenvalue weighted by molar-refractivity contribution is 5.72. The lowest BCUT2D eigenvalue weighted by Crippen LogP contribution is -2.45. The lowest BCUT2D eigenvalue weighted by Gasteiger charge is -2.27. The third-order valence-corrected chi connectivity index (χ3v) is 2.97. The molecule has 0 radical (unpaired) electrons. The Kier molecular flexibility index (Phi) is 8.15. The first-order valence-corrected chi connectivity index (χ1v) is 6.74. The highest BCUT2D eigenvalue weighted by Crippen LogP contribution is 2.19. The van der Waals surface area contributed by atoms with Crippen LogP contribution in [0.15, 0.2) is 0 Å². The van der Waals surface area contributed by atoms with Gasteiger partial charge >= 0.3 is 11.9 Å². The fraction of sp³-hybridized carbons (Fsp3) is 0.923. The average Bonchev–Trinajstić information content (AvgIpc) is 2.28. The number of carbonyl (C=O) groups excluding carboxylic acids is 1. The van der Waals surface area contributed by atoms with Crippen LogP contribution < -0.4 is 0 Å². The molecule has 0 bridgehead atoms. The number of hydrogen-bond donors (Lipinski definition) is 3. The summed E-state index contributed by atoms with van der Waals surface area (Å²) in [5.41, 5.74) is 0. The predicted molar refractivity (Wildman–Crippen MR) is 67.5 cm³/mol. The summed E-state index contributed by atoms with van der Waals surface area (Å²) >= 11 is 0. The summed E-state index contributed by atoms with van der Waals surface area (Å²) in [4.78, 5) is 11.9. The summed E-state index contributed by atoms with van der Waals surface area (Å²) in [7, 11) is 0. The third kappa shape index (κ3) is 6.33. The van der Waals surface area contributed by atoms with E-state index in [4.69, 9.17) is 20.1 Å². The number of unbranched alkanes of at least 4 members (excludes halogenated alkanes) is 1. The van der Waals surface area contributed by atoms with Gasteiger partial charge in [-0.15, -0.1) is 0 Å². The monoisotopic (exact) mass is 262 g/mol. The molecule has 2 unspecified atom stereocenters. The van der Waals surface area contributed by atoms with Crippen LogP contribution >= 0.6 is 0 Å². The molecular formula is C13H26O5. The van der Waals surface area contributed by atoms with Gasteiger partial charge in [-0.1, -0.05) is 40.0 Å². The second kappa shape index (κ2) is 8.45. The van der Waals surface area contributed by atoms with Crippen LogP contribution in [-0.4, -0.2) is 33.4 Å². The number of carbonyl (C=O) groups is 1. The van der Waals surface area contributed by atoms with Crippen LogP contribution in [0.25, 0.3) is 0 Å². The molecule has 0 spiro atoms. The zero-order valence-electron chi connectivity index (χ0n) is 11.6. The Hall–Kier alpha value is -0.650. The molecule has 108 valence electrons. The van der Waals surface area contributed by atoms with Crippen molar-refractivity contribution >= 4 is 5.97 Å². The molecule has 5 nitrogen and oxygen atoms in total. The van der Waals surface area contributed by atoms with Crippen LogP contribution in [0.4, 0.5) is 0 Å². The zero-order valence-corrected chi connectivity index (χ0v) is 11.6. The SMILES string of the molecule is CCCCC(CC)C(=O)OC(CCC)C(O)(O)O. The zero-order chi connectivity index (χ0) is 14.2. The van der Waals surface area contributed by atoms with Gasteiger partial charge in [0.05, 0.1) is 5.92 Å². The van der Waals surface area contributed by atoms with E-state index in [0.29, 0.717) is 12.8 Å². The Morgan fingerprint density at radius 2 is 1.72 bits per heavy atom. The molecule has 0 aromatic carbocycles. The maximum atomic E-state index is 11.9. The van der Waals surface area contributed by atoms with Gasteiger partial charge in [0, 0.05) is 0 Å². The smallest absolute Gasteiger partial charge is 0.314 e. The fourth-order valence-electron chi connectivity index (χ4n) is 1.77. The van der Waals surface area contributed by atoms with E-state index in [-0.39, 0.29) is 12.3 Å². The van der Waals surface area contributed by atoms with Crippen molar-refractivity contribution < 1.29 is 24.9 Å². The minimum Gasteiger partial charge on any atom is -0.454 e. The molecule has 0 heterocycles. The molecule has 0 saturated carbocycles. The first-order valence-electron chi connectivity index (χ1n) is 6.74. The minimum atomic E-state index is -2.96. The molecular weight excluding hydrogens is 236 g/mol. The molecule has 0 aliphatic heterocycles. The maximum absolute atomic E-state index is 11.9. The Morgan fingerprint density at radius 3 is 2.11 bits per heavy atom. The van der Waals surface area contributed by atoms with Gasteiger partial charge in [0.2, 0.25) is 0 Å². The number of hydrogen-bond acceptors (Lipinski definition) is 5. The van der Waals surface area contributed by atoms with E-state index in [2.05, 4.69) is 0 Å². The first-order chi connectivity index (χ1) is 8.36. The summed E-state index contributed by atoms with van der Waals surface area (Å²) < 4.78 is 5.02. The van der Waals surface area contributed by atoms with E-state index in [1.54, 1.807) is 6.92 Å². The van der Waals surface area contributed by atoms with Crippen LogP contribution in [0.3, 0.4) is 0 Å². The summed E-state index contributed by atoms with van der Waals surface area (Å²) in [6.45, 7) is 5.74. The molecule has 0 amide bonds. The average molecular weight is 262 g/mol. The molecule has 0 aromatic heterocycles. The van der Waals surface area contributed by atoms with Gasteiger partial charge in [-0.05, 0) is 19.3 Å². The van der Waals surface area contributed by atoms with Crippen LogP contribution in [0.1, 0.15) is 59.3 Å². The Balaban J connectivity index is 4.46. The highest BCUT2D eigenvalue weighted by atomic mass is 16.7.